The van der Waals surface area contributed by atoms with Gasteiger partial charge in [0.1, 0.15) is 5.82 Å². The lowest BCUT2D eigenvalue weighted by atomic mass is 10.1. The monoisotopic (exact) mass is 358 g/mol. The second-order valence-electron chi connectivity index (χ2n) is 5.11. The Labute approximate surface area is 136 Å². The van der Waals surface area contributed by atoms with Crippen molar-refractivity contribution < 1.29 is 4.79 Å². The third-order valence-corrected chi connectivity index (χ3v) is 3.96. The molecule has 0 saturated carbocycles. The Bertz CT molecular complexity index is 856. The molecule has 22 heavy (non-hydrogen) atoms. The third-order valence-electron chi connectivity index (χ3n) is 3.47. The van der Waals surface area contributed by atoms with Crippen LogP contribution >= 0.6 is 15.9 Å². The number of nitrogens with zero attached hydrogens (tertiary/aromatic N) is 3. The molecular formula is C16H15BrN4O. The average Bonchev–Trinajstić information content (AvgIpc) is 2.89. The third kappa shape index (κ3) is 2.87. The summed E-state index contributed by atoms with van der Waals surface area (Å²) in [6.45, 7) is 2.27. The number of hydrogen-bond donors (Lipinski definition) is 1. The summed E-state index contributed by atoms with van der Waals surface area (Å²) in [5.41, 5.74) is 2.25. The topological polar surface area (TPSA) is 59.8 Å². The molecule has 1 amide bonds. The van der Waals surface area contributed by atoms with Crippen molar-refractivity contribution in [3.8, 4) is 0 Å². The molecular weight excluding hydrogens is 344 g/mol. The van der Waals surface area contributed by atoms with E-state index in [4.69, 9.17) is 0 Å². The number of halogens is 1. The highest BCUT2D eigenvalue weighted by Gasteiger charge is 2.13. The number of aromatic nitrogens is 3. The Balaban J connectivity index is 1.93. The van der Waals surface area contributed by atoms with E-state index >= 15 is 0 Å². The number of fused-ring (bicyclic) bond motifs is 1. The van der Waals surface area contributed by atoms with Crippen LogP contribution in [0.25, 0.3) is 10.9 Å². The van der Waals surface area contributed by atoms with E-state index in [0.717, 1.165) is 26.9 Å². The zero-order valence-corrected chi connectivity index (χ0v) is 13.9. The Kier molecular flexibility index (Phi) is 3.94. The molecule has 0 saturated heterocycles. The molecule has 0 atom stereocenters. The predicted molar refractivity (Wildman–Crippen MR) is 88.6 cm³/mol. The van der Waals surface area contributed by atoms with E-state index in [0.29, 0.717) is 12.1 Å². The molecule has 2 heterocycles. The molecule has 0 aliphatic rings. The van der Waals surface area contributed by atoms with Crippen LogP contribution in [0.4, 0.5) is 0 Å². The minimum atomic E-state index is -0.128. The molecule has 0 aliphatic heterocycles. The lowest BCUT2D eigenvalue weighted by molar-refractivity contribution is 0.0951. The summed E-state index contributed by atoms with van der Waals surface area (Å²) in [4.78, 5) is 21.2. The zero-order chi connectivity index (χ0) is 15.7. The number of imidazole rings is 1. The van der Waals surface area contributed by atoms with Crippen LogP contribution in [0.15, 0.2) is 41.1 Å². The molecule has 3 aromatic rings. The highest BCUT2D eigenvalue weighted by Crippen LogP contribution is 2.22. The molecule has 6 heteroatoms. The number of carbonyl (C=O) groups excluding carboxylic acids is 1. The molecule has 112 valence electrons. The fourth-order valence-electron chi connectivity index (χ4n) is 2.34. The van der Waals surface area contributed by atoms with Gasteiger partial charge in [0, 0.05) is 35.0 Å². The predicted octanol–water partition coefficient (Wildman–Crippen LogP) is 2.97. The normalized spacial score (nSPS) is 10.9. The van der Waals surface area contributed by atoms with E-state index in [1.165, 1.54) is 0 Å². The highest BCUT2D eigenvalue weighted by molar-refractivity contribution is 9.10. The first-order valence-corrected chi connectivity index (χ1v) is 7.65. The number of amides is 1. The van der Waals surface area contributed by atoms with Crippen molar-refractivity contribution >= 4 is 32.7 Å². The van der Waals surface area contributed by atoms with Crippen LogP contribution in [0.1, 0.15) is 21.9 Å². The van der Waals surface area contributed by atoms with Gasteiger partial charge in [-0.2, -0.15) is 0 Å². The largest absolute Gasteiger partial charge is 0.345 e. The van der Waals surface area contributed by atoms with Gasteiger partial charge in [-0.25, -0.2) is 4.98 Å². The zero-order valence-electron chi connectivity index (χ0n) is 12.3. The van der Waals surface area contributed by atoms with Crippen molar-refractivity contribution in [2.45, 2.75) is 13.5 Å². The van der Waals surface area contributed by atoms with Gasteiger partial charge >= 0.3 is 0 Å². The number of rotatable bonds is 3. The smallest absolute Gasteiger partial charge is 0.252 e. The SMILES string of the molecule is Cc1cc(C(=O)NCc2nccn2C)c2cc(Br)ccc2n1. The standard InChI is InChI=1S/C16H15BrN4O/c1-10-7-13(12-8-11(17)3-4-14(12)20-10)16(22)19-9-15-18-5-6-21(15)2/h3-8H,9H2,1-2H3,(H,19,22). The number of pyridine rings is 1. The van der Waals surface area contributed by atoms with Crippen molar-refractivity contribution in [3.05, 3.63) is 58.2 Å². The van der Waals surface area contributed by atoms with E-state index in [1.807, 2.05) is 49.0 Å². The maximum atomic E-state index is 12.5. The summed E-state index contributed by atoms with van der Waals surface area (Å²) in [5.74, 6) is 0.682. The lowest BCUT2D eigenvalue weighted by Crippen LogP contribution is -2.24. The summed E-state index contributed by atoms with van der Waals surface area (Å²) >= 11 is 3.44. The number of benzene rings is 1. The maximum absolute atomic E-state index is 12.5. The number of aryl methyl sites for hydroxylation is 2. The van der Waals surface area contributed by atoms with Crippen LogP contribution in [0.5, 0.6) is 0 Å². The summed E-state index contributed by atoms with van der Waals surface area (Å²) in [7, 11) is 1.90. The van der Waals surface area contributed by atoms with E-state index < -0.39 is 0 Å². The molecule has 0 bridgehead atoms. The minimum absolute atomic E-state index is 0.128. The van der Waals surface area contributed by atoms with Crippen molar-refractivity contribution in [1.29, 1.82) is 0 Å². The first-order valence-electron chi connectivity index (χ1n) is 6.86. The van der Waals surface area contributed by atoms with Gasteiger partial charge < -0.3 is 9.88 Å². The summed E-state index contributed by atoms with van der Waals surface area (Å²) < 4.78 is 2.80. The minimum Gasteiger partial charge on any atom is -0.345 e. The van der Waals surface area contributed by atoms with Gasteiger partial charge in [-0.05, 0) is 31.2 Å². The summed E-state index contributed by atoms with van der Waals surface area (Å²) in [5, 5.41) is 3.75. The van der Waals surface area contributed by atoms with E-state index in [2.05, 4.69) is 31.2 Å². The molecule has 0 aliphatic carbocycles. The summed E-state index contributed by atoms with van der Waals surface area (Å²) in [6.07, 6.45) is 3.56. The molecule has 2 aromatic heterocycles. The molecule has 3 rings (SSSR count). The Morgan fingerprint density at radius 2 is 2.18 bits per heavy atom. The van der Waals surface area contributed by atoms with Gasteiger partial charge in [0.15, 0.2) is 0 Å². The highest BCUT2D eigenvalue weighted by atomic mass is 79.9. The quantitative estimate of drug-likeness (QED) is 0.782. The number of nitrogens with one attached hydrogen (secondary N) is 1. The van der Waals surface area contributed by atoms with Crippen LogP contribution in [0, 0.1) is 6.92 Å². The van der Waals surface area contributed by atoms with Gasteiger partial charge in [-0.1, -0.05) is 15.9 Å². The Morgan fingerprint density at radius 3 is 2.91 bits per heavy atom. The Morgan fingerprint density at radius 1 is 1.36 bits per heavy atom. The fourth-order valence-corrected chi connectivity index (χ4v) is 2.70. The van der Waals surface area contributed by atoms with Crippen molar-refractivity contribution in [2.24, 2.45) is 7.05 Å². The molecule has 0 radical (unpaired) electrons. The van der Waals surface area contributed by atoms with Crippen LogP contribution in [0.3, 0.4) is 0 Å². The Hall–Kier alpha value is -2.21. The van der Waals surface area contributed by atoms with Crippen molar-refractivity contribution in [3.63, 3.8) is 0 Å². The molecule has 5 nitrogen and oxygen atoms in total. The van der Waals surface area contributed by atoms with Crippen molar-refractivity contribution in [2.75, 3.05) is 0 Å². The molecule has 1 N–H and O–H groups in total. The lowest BCUT2D eigenvalue weighted by Gasteiger charge is -2.09. The van der Waals surface area contributed by atoms with Crippen LogP contribution in [-0.2, 0) is 13.6 Å². The van der Waals surface area contributed by atoms with Crippen LogP contribution in [0.2, 0.25) is 0 Å². The average molecular weight is 359 g/mol. The number of hydrogen-bond acceptors (Lipinski definition) is 3. The fraction of sp³-hybridized carbons (Fsp3) is 0.188. The van der Waals surface area contributed by atoms with Crippen molar-refractivity contribution in [1.82, 2.24) is 19.9 Å². The first-order chi connectivity index (χ1) is 10.5. The second-order valence-corrected chi connectivity index (χ2v) is 6.03. The molecule has 0 spiro atoms. The molecule has 0 fully saturated rings. The van der Waals surface area contributed by atoms with Gasteiger partial charge in [0.2, 0.25) is 0 Å². The molecule has 0 unspecified atom stereocenters. The maximum Gasteiger partial charge on any atom is 0.252 e. The second kappa shape index (κ2) is 5.88. The van der Waals surface area contributed by atoms with E-state index in [9.17, 15) is 4.79 Å². The van der Waals surface area contributed by atoms with Crippen LogP contribution < -0.4 is 5.32 Å². The summed E-state index contributed by atoms with van der Waals surface area (Å²) in [6, 6.07) is 7.55. The van der Waals surface area contributed by atoms with Crippen LogP contribution in [-0.4, -0.2) is 20.4 Å². The van der Waals surface area contributed by atoms with Gasteiger partial charge in [0.25, 0.3) is 5.91 Å². The van der Waals surface area contributed by atoms with Gasteiger partial charge in [0.05, 0.1) is 17.6 Å². The van der Waals surface area contributed by atoms with Gasteiger partial charge in [-0.15, -0.1) is 0 Å². The first kappa shape index (κ1) is 14.7. The molecule has 1 aromatic carbocycles. The van der Waals surface area contributed by atoms with E-state index in [1.54, 1.807) is 6.20 Å². The number of carbonyl (C=O) groups is 1. The van der Waals surface area contributed by atoms with E-state index in [-0.39, 0.29) is 5.91 Å². The van der Waals surface area contributed by atoms with Gasteiger partial charge in [-0.3, -0.25) is 9.78 Å².